The highest BCUT2D eigenvalue weighted by atomic mass is 16.2. The zero-order valence-corrected chi connectivity index (χ0v) is 11.9. The Hall–Kier alpha value is -1.36. The molecule has 5 heteroatoms. The largest absolute Gasteiger partial charge is 0.338 e. The number of hydrogen-bond acceptors (Lipinski definition) is 3. The summed E-state index contributed by atoms with van der Waals surface area (Å²) in [5.74, 6) is 0.794. The van der Waals surface area contributed by atoms with Crippen LogP contribution >= 0.6 is 0 Å². The zero-order chi connectivity index (χ0) is 13.7. The van der Waals surface area contributed by atoms with E-state index >= 15 is 0 Å². The third-order valence-corrected chi connectivity index (χ3v) is 3.71. The summed E-state index contributed by atoms with van der Waals surface area (Å²) < 4.78 is 1.69. The van der Waals surface area contributed by atoms with E-state index in [4.69, 9.17) is 0 Å². The molecule has 0 radical (unpaired) electrons. The molecule has 0 atom stereocenters. The van der Waals surface area contributed by atoms with Crippen LogP contribution in [0, 0.1) is 5.92 Å². The van der Waals surface area contributed by atoms with Gasteiger partial charge in [0, 0.05) is 25.0 Å². The Morgan fingerprint density at radius 3 is 2.79 bits per heavy atom. The summed E-state index contributed by atoms with van der Waals surface area (Å²) in [6.45, 7) is 7.54. The molecule has 0 aliphatic carbocycles. The maximum Gasteiger partial charge on any atom is 0.244 e. The lowest BCUT2D eigenvalue weighted by Gasteiger charge is -2.32. The van der Waals surface area contributed by atoms with Gasteiger partial charge in [-0.2, -0.15) is 5.10 Å². The van der Waals surface area contributed by atoms with E-state index in [0.29, 0.717) is 12.5 Å². The molecule has 0 bridgehead atoms. The van der Waals surface area contributed by atoms with E-state index in [1.54, 1.807) is 10.9 Å². The molecular formula is C14H24N4O. The van der Waals surface area contributed by atoms with E-state index in [-0.39, 0.29) is 11.9 Å². The molecule has 2 heterocycles. The molecule has 5 nitrogen and oxygen atoms in total. The Bertz CT molecular complexity index is 382. The van der Waals surface area contributed by atoms with Gasteiger partial charge in [0.2, 0.25) is 5.91 Å². The Labute approximate surface area is 115 Å². The predicted molar refractivity (Wildman–Crippen MR) is 74.7 cm³/mol. The van der Waals surface area contributed by atoms with Crippen LogP contribution in [0.5, 0.6) is 0 Å². The highest BCUT2D eigenvalue weighted by Gasteiger charge is 2.22. The van der Waals surface area contributed by atoms with Gasteiger partial charge in [0.05, 0.1) is 0 Å². The second-order valence-electron chi connectivity index (χ2n) is 5.54. The van der Waals surface area contributed by atoms with E-state index in [9.17, 15) is 4.79 Å². The maximum atomic E-state index is 12.4. The fourth-order valence-corrected chi connectivity index (χ4v) is 2.57. The van der Waals surface area contributed by atoms with Crippen LogP contribution in [-0.2, 0) is 11.3 Å². The number of amides is 1. The fraction of sp³-hybridized carbons (Fsp3) is 0.714. The number of carbonyl (C=O) groups excluding carboxylic acids is 1. The average Bonchev–Trinajstić information content (AvgIpc) is 2.89. The maximum absolute atomic E-state index is 12.4. The van der Waals surface area contributed by atoms with Crippen LogP contribution in [0.2, 0.25) is 0 Å². The van der Waals surface area contributed by atoms with Crippen LogP contribution in [-0.4, -0.2) is 46.3 Å². The predicted octanol–water partition coefficient (Wildman–Crippen LogP) is 1.12. The first-order chi connectivity index (χ1) is 9.16. The minimum atomic E-state index is 0.164. The van der Waals surface area contributed by atoms with E-state index in [1.807, 2.05) is 17.2 Å². The smallest absolute Gasteiger partial charge is 0.244 e. The molecule has 1 aliphatic heterocycles. The summed E-state index contributed by atoms with van der Waals surface area (Å²) in [7, 11) is 0. The van der Waals surface area contributed by atoms with Crippen LogP contribution in [0.1, 0.15) is 26.7 Å². The molecule has 106 valence electrons. The summed E-state index contributed by atoms with van der Waals surface area (Å²) >= 11 is 0. The van der Waals surface area contributed by atoms with Crippen LogP contribution in [0.4, 0.5) is 0 Å². The van der Waals surface area contributed by atoms with Crippen molar-refractivity contribution in [1.29, 1.82) is 0 Å². The number of hydrogen-bond donors (Lipinski definition) is 1. The molecule has 0 aromatic carbocycles. The SMILES string of the molecule is CC(C)N(CC1CCNCC1)C(=O)Cn1cccn1. The highest BCUT2D eigenvalue weighted by Crippen LogP contribution is 2.15. The number of rotatable bonds is 5. The van der Waals surface area contributed by atoms with Gasteiger partial charge < -0.3 is 10.2 Å². The zero-order valence-electron chi connectivity index (χ0n) is 11.9. The molecule has 1 aromatic heterocycles. The van der Waals surface area contributed by atoms with E-state index < -0.39 is 0 Å². The van der Waals surface area contributed by atoms with Gasteiger partial charge in [-0.3, -0.25) is 9.48 Å². The van der Waals surface area contributed by atoms with Crippen molar-refractivity contribution in [3.05, 3.63) is 18.5 Å². The first kappa shape index (κ1) is 14.1. The normalized spacial score (nSPS) is 16.8. The minimum absolute atomic E-state index is 0.164. The van der Waals surface area contributed by atoms with Gasteiger partial charge in [0.25, 0.3) is 0 Å². The van der Waals surface area contributed by atoms with Crippen molar-refractivity contribution in [3.63, 3.8) is 0 Å². The molecule has 1 aliphatic rings. The van der Waals surface area contributed by atoms with Crippen molar-refractivity contribution in [1.82, 2.24) is 20.0 Å². The molecule has 19 heavy (non-hydrogen) atoms. The lowest BCUT2D eigenvalue weighted by molar-refractivity contribution is -0.134. The molecule has 0 saturated carbocycles. The molecule has 0 unspecified atom stereocenters. The standard InChI is InChI=1S/C14H24N4O/c1-12(2)18(10-13-4-7-15-8-5-13)14(19)11-17-9-3-6-16-17/h3,6,9,12-13,15H,4-5,7-8,10-11H2,1-2H3. The number of aromatic nitrogens is 2. The summed E-state index contributed by atoms with van der Waals surface area (Å²) in [6, 6.07) is 2.10. The topological polar surface area (TPSA) is 50.2 Å². The molecule has 0 spiro atoms. The lowest BCUT2D eigenvalue weighted by Crippen LogP contribution is -2.44. The first-order valence-electron chi connectivity index (χ1n) is 7.14. The Morgan fingerprint density at radius 1 is 1.47 bits per heavy atom. The van der Waals surface area contributed by atoms with Crippen LogP contribution in [0.25, 0.3) is 0 Å². The molecular weight excluding hydrogens is 240 g/mol. The minimum Gasteiger partial charge on any atom is -0.338 e. The van der Waals surface area contributed by atoms with Crippen molar-refractivity contribution < 1.29 is 4.79 Å². The molecule has 1 saturated heterocycles. The van der Waals surface area contributed by atoms with Gasteiger partial charge in [-0.15, -0.1) is 0 Å². The molecule has 2 rings (SSSR count). The second-order valence-corrected chi connectivity index (χ2v) is 5.54. The second kappa shape index (κ2) is 6.70. The number of nitrogens with zero attached hydrogens (tertiary/aromatic N) is 3. The van der Waals surface area contributed by atoms with E-state index in [2.05, 4.69) is 24.3 Å². The van der Waals surface area contributed by atoms with Gasteiger partial charge >= 0.3 is 0 Å². The number of nitrogens with one attached hydrogen (secondary N) is 1. The highest BCUT2D eigenvalue weighted by molar-refractivity contribution is 5.76. The molecule has 1 aromatic rings. The molecule has 1 fully saturated rings. The van der Waals surface area contributed by atoms with Crippen LogP contribution < -0.4 is 5.32 Å². The average molecular weight is 264 g/mol. The fourth-order valence-electron chi connectivity index (χ4n) is 2.57. The van der Waals surface area contributed by atoms with Crippen molar-refractivity contribution in [2.45, 2.75) is 39.3 Å². The van der Waals surface area contributed by atoms with Gasteiger partial charge in [0.15, 0.2) is 0 Å². The van der Waals surface area contributed by atoms with E-state index in [1.165, 1.54) is 0 Å². The van der Waals surface area contributed by atoms with Crippen LogP contribution in [0.15, 0.2) is 18.5 Å². The van der Waals surface area contributed by atoms with Crippen molar-refractivity contribution >= 4 is 5.91 Å². The summed E-state index contributed by atoms with van der Waals surface area (Å²) in [4.78, 5) is 14.4. The van der Waals surface area contributed by atoms with E-state index in [0.717, 1.165) is 32.5 Å². The quantitative estimate of drug-likeness (QED) is 0.867. The lowest BCUT2D eigenvalue weighted by atomic mass is 9.97. The third-order valence-electron chi connectivity index (χ3n) is 3.71. The third kappa shape index (κ3) is 4.06. The molecule has 1 amide bonds. The van der Waals surface area contributed by atoms with Gasteiger partial charge in [-0.05, 0) is 51.8 Å². The van der Waals surface area contributed by atoms with Crippen molar-refractivity contribution in [2.24, 2.45) is 5.92 Å². The Morgan fingerprint density at radius 2 is 2.21 bits per heavy atom. The van der Waals surface area contributed by atoms with Gasteiger partial charge in [-0.25, -0.2) is 0 Å². The van der Waals surface area contributed by atoms with Gasteiger partial charge in [0.1, 0.15) is 6.54 Å². The Kier molecular flexibility index (Phi) is 4.96. The van der Waals surface area contributed by atoms with Crippen molar-refractivity contribution in [3.8, 4) is 0 Å². The van der Waals surface area contributed by atoms with Gasteiger partial charge in [-0.1, -0.05) is 0 Å². The van der Waals surface area contributed by atoms with Crippen molar-refractivity contribution in [2.75, 3.05) is 19.6 Å². The number of piperidine rings is 1. The summed E-state index contributed by atoms with van der Waals surface area (Å²) in [5, 5.41) is 7.47. The Balaban J connectivity index is 1.92. The van der Waals surface area contributed by atoms with Crippen LogP contribution in [0.3, 0.4) is 0 Å². The summed E-state index contributed by atoms with van der Waals surface area (Å²) in [6.07, 6.45) is 5.87. The summed E-state index contributed by atoms with van der Waals surface area (Å²) in [5.41, 5.74) is 0. The number of carbonyl (C=O) groups is 1. The monoisotopic (exact) mass is 264 g/mol. The first-order valence-corrected chi connectivity index (χ1v) is 7.14. The molecule has 1 N–H and O–H groups in total.